The molecular formula is C24H29ClN2O4. The van der Waals surface area contributed by atoms with Crippen LogP contribution in [0.3, 0.4) is 0 Å². The van der Waals surface area contributed by atoms with E-state index in [0.717, 1.165) is 18.4 Å². The van der Waals surface area contributed by atoms with Crippen molar-refractivity contribution in [2.75, 3.05) is 33.9 Å². The van der Waals surface area contributed by atoms with Gasteiger partial charge in [0.15, 0.2) is 0 Å². The van der Waals surface area contributed by atoms with Gasteiger partial charge in [-0.05, 0) is 48.9 Å². The van der Waals surface area contributed by atoms with Crippen LogP contribution in [-0.2, 0) is 4.79 Å². The maximum absolute atomic E-state index is 13.1. The minimum atomic E-state index is -0.380. The first-order valence-electron chi connectivity index (χ1n) is 10.5. The van der Waals surface area contributed by atoms with E-state index >= 15 is 0 Å². The number of hydrogen-bond donors (Lipinski definition) is 1. The SMILES string of the molecule is CCCCNC(=O)[C@@H]1CN(C(=O)c2ccc(Cl)cc2)C[C@@H]1c1cc(OC)ccc1OC. The summed E-state index contributed by atoms with van der Waals surface area (Å²) >= 11 is 5.96. The number of benzene rings is 2. The monoisotopic (exact) mass is 444 g/mol. The molecule has 1 heterocycles. The predicted octanol–water partition coefficient (Wildman–Crippen LogP) is 4.13. The third kappa shape index (κ3) is 5.31. The Hall–Kier alpha value is -2.73. The van der Waals surface area contributed by atoms with E-state index in [1.165, 1.54) is 0 Å². The fourth-order valence-corrected chi connectivity index (χ4v) is 4.10. The average molecular weight is 445 g/mol. The minimum absolute atomic E-state index is 0.0465. The van der Waals surface area contributed by atoms with E-state index in [1.54, 1.807) is 43.4 Å². The zero-order valence-electron chi connectivity index (χ0n) is 18.2. The molecule has 1 N–H and O–H groups in total. The van der Waals surface area contributed by atoms with Gasteiger partial charge >= 0.3 is 0 Å². The summed E-state index contributed by atoms with van der Waals surface area (Å²) in [6.45, 7) is 3.46. The second-order valence-corrected chi connectivity index (χ2v) is 8.12. The molecule has 6 nitrogen and oxygen atoms in total. The molecule has 31 heavy (non-hydrogen) atoms. The van der Waals surface area contributed by atoms with Crippen molar-refractivity contribution in [1.29, 1.82) is 0 Å². The molecule has 2 amide bonds. The van der Waals surface area contributed by atoms with Crippen LogP contribution in [-0.4, -0.2) is 50.6 Å². The summed E-state index contributed by atoms with van der Waals surface area (Å²) < 4.78 is 11.0. The first-order valence-corrected chi connectivity index (χ1v) is 10.9. The fraction of sp³-hybridized carbons (Fsp3) is 0.417. The molecular weight excluding hydrogens is 416 g/mol. The molecule has 1 fully saturated rings. The second-order valence-electron chi connectivity index (χ2n) is 7.68. The zero-order valence-corrected chi connectivity index (χ0v) is 18.9. The summed E-state index contributed by atoms with van der Waals surface area (Å²) in [5.74, 6) is 0.612. The van der Waals surface area contributed by atoms with E-state index in [-0.39, 0.29) is 23.7 Å². The first kappa shape index (κ1) is 22.9. The van der Waals surface area contributed by atoms with Crippen LogP contribution < -0.4 is 14.8 Å². The Labute approximate surface area is 188 Å². The molecule has 1 aliphatic rings. The van der Waals surface area contributed by atoms with Crippen LogP contribution >= 0.6 is 11.6 Å². The summed E-state index contributed by atoms with van der Waals surface area (Å²) in [5.41, 5.74) is 1.41. The van der Waals surface area contributed by atoms with Crippen LogP contribution in [0, 0.1) is 5.92 Å². The van der Waals surface area contributed by atoms with Crippen molar-refractivity contribution in [2.45, 2.75) is 25.7 Å². The van der Waals surface area contributed by atoms with Gasteiger partial charge in [-0.1, -0.05) is 24.9 Å². The lowest BCUT2D eigenvalue weighted by Gasteiger charge is -2.21. The van der Waals surface area contributed by atoms with Crippen molar-refractivity contribution in [3.05, 3.63) is 58.6 Å². The normalized spacial score (nSPS) is 18.0. The largest absolute Gasteiger partial charge is 0.497 e. The number of carbonyl (C=O) groups excluding carboxylic acids is 2. The first-order chi connectivity index (χ1) is 15.0. The number of ether oxygens (including phenoxy) is 2. The average Bonchev–Trinajstić information content (AvgIpc) is 3.24. The highest BCUT2D eigenvalue weighted by Gasteiger charge is 2.41. The topological polar surface area (TPSA) is 67.9 Å². The number of halogens is 1. The summed E-state index contributed by atoms with van der Waals surface area (Å²) in [5, 5.41) is 3.61. The highest BCUT2D eigenvalue weighted by atomic mass is 35.5. The Morgan fingerprint density at radius 1 is 1.10 bits per heavy atom. The molecule has 0 bridgehead atoms. The van der Waals surface area contributed by atoms with Gasteiger partial charge in [0, 0.05) is 41.7 Å². The number of methoxy groups -OCH3 is 2. The Morgan fingerprint density at radius 3 is 2.48 bits per heavy atom. The van der Waals surface area contributed by atoms with Crippen molar-refractivity contribution >= 4 is 23.4 Å². The Morgan fingerprint density at radius 2 is 1.84 bits per heavy atom. The quantitative estimate of drug-likeness (QED) is 0.621. The van der Waals surface area contributed by atoms with Gasteiger partial charge < -0.3 is 19.7 Å². The number of rotatable bonds is 8. The molecule has 2 atom stereocenters. The predicted molar refractivity (Wildman–Crippen MR) is 121 cm³/mol. The standard InChI is InChI=1S/C24H29ClN2O4/c1-4-5-12-26-23(28)21-15-27(24(29)16-6-8-17(25)9-7-16)14-20(21)19-13-18(30-2)10-11-22(19)31-3/h6-11,13,20-21H,4-5,12,14-15H2,1-3H3,(H,26,28)/t20-,21-/m1/s1. The highest BCUT2D eigenvalue weighted by Crippen LogP contribution is 2.40. The highest BCUT2D eigenvalue weighted by molar-refractivity contribution is 6.30. The van der Waals surface area contributed by atoms with Crippen molar-refractivity contribution in [3.63, 3.8) is 0 Å². The number of unbranched alkanes of at least 4 members (excludes halogenated alkanes) is 1. The number of nitrogens with zero attached hydrogens (tertiary/aromatic N) is 1. The van der Waals surface area contributed by atoms with Gasteiger partial charge in [-0.3, -0.25) is 9.59 Å². The number of likely N-dealkylation sites (tertiary alicyclic amines) is 1. The fourth-order valence-electron chi connectivity index (χ4n) is 3.97. The molecule has 0 unspecified atom stereocenters. The third-order valence-electron chi connectivity index (χ3n) is 5.70. The lowest BCUT2D eigenvalue weighted by molar-refractivity contribution is -0.124. The van der Waals surface area contributed by atoms with E-state index in [4.69, 9.17) is 21.1 Å². The van der Waals surface area contributed by atoms with Gasteiger partial charge in [-0.25, -0.2) is 0 Å². The summed E-state index contributed by atoms with van der Waals surface area (Å²) in [6.07, 6.45) is 1.91. The Kier molecular flexibility index (Phi) is 7.80. The summed E-state index contributed by atoms with van der Waals surface area (Å²) in [4.78, 5) is 27.9. The number of amides is 2. The van der Waals surface area contributed by atoms with Gasteiger partial charge in [0.1, 0.15) is 11.5 Å². The molecule has 0 radical (unpaired) electrons. The van der Waals surface area contributed by atoms with Crippen molar-refractivity contribution in [3.8, 4) is 11.5 Å². The van der Waals surface area contributed by atoms with Crippen LogP contribution in [0.2, 0.25) is 5.02 Å². The third-order valence-corrected chi connectivity index (χ3v) is 5.95. The van der Waals surface area contributed by atoms with Crippen LogP contribution in [0.1, 0.15) is 41.6 Å². The number of hydrogen-bond acceptors (Lipinski definition) is 4. The van der Waals surface area contributed by atoms with Crippen LogP contribution in [0.5, 0.6) is 11.5 Å². The smallest absolute Gasteiger partial charge is 0.253 e. The number of carbonyl (C=O) groups is 2. The van der Waals surface area contributed by atoms with Gasteiger partial charge in [-0.2, -0.15) is 0 Å². The van der Waals surface area contributed by atoms with Crippen molar-refractivity contribution in [2.24, 2.45) is 5.92 Å². The molecule has 0 spiro atoms. The van der Waals surface area contributed by atoms with E-state index in [2.05, 4.69) is 12.2 Å². The van der Waals surface area contributed by atoms with Crippen molar-refractivity contribution < 1.29 is 19.1 Å². The van der Waals surface area contributed by atoms with E-state index in [1.807, 2.05) is 18.2 Å². The van der Waals surface area contributed by atoms with Gasteiger partial charge in [-0.15, -0.1) is 0 Å². The lowest BCUT2D eigenvalue weighted by atomic mass is 9.87. The van der Waals surface area contributed by atoms with Crippen LogP contribution in [0.15, 0.2) is 42.5 Å². The number of nitrogens with one attached hydrogen (secondary N) is 1. The Bertz CT molecular complexity index is 916. The van der Waals surface area contributed by atoms with Crippen LogP contribution in [0.4, 0.5) is 0 Å². The molecule has 1 saturated heterocycles. The van der Waals surface area contributed by atoms with Gasteiger partial charge in [0.25, 0.3) is 5.91 Å². The molecule has 1 aliphatic heterocycles. The van der Waals surface area contributed by atoms with E-state index in [9.17, 15) is 9.59 Å². The maximum atomic E-state index is 13.1. The molecule has 2 aromatic carbocycles. The molecule has 2 aromatic rings. The maximum Gasteiger partial charge on any atom is 0.253 e. The molecule has 0 aromatic heterocycles. The van der Waals surface area contributed by atoms with Crippen LogP contribution in [0.25, 0.3) is 0 Å². The zero-order chi connectivity index (χ0) is 22.4. The van der Waals surface area contributed by atoms with E-state index < -0.39 is 0 Å². The van der Waals surface area contributed by atoms with E-state index in [0.29, 0.717) is 41.7 Å². The summed E-state index contributed by atoms with van der Waals surface area (Å²) in [7, 11) is 3.21. The molecule has 3 rings (SSSR count). The Balaban J connectivity index is 1.91. The molecule has 166 valence electrons. The molecule has 7 heteroatoms. The van der Waals surface area contributed by atoms with Crippen molar-refractivity contribution in [1.82, 2.24) is 10.2 Å². The minimum Gasteiger partial charge on any atom is -0.497 e. The molecule has 0 aliphatic carbocycles. The van der Waals surface area contributed by atoms with Gasteiger partial charge in [0.05, 0.1) is 20.1 Å². The lowest BCUT2D eigenvalue weighted by Crippen LogP contribution is -2.36. The molecule has 0 saturated carbocycles. The second kappa shape index (κ2) is 10.5. The summed E-state index contributed by atoms with van der Waals surface area (Å²) in [6, 6.07) is 12.4. The van der Waals surface area contributed by atoms with Gasteiger partial charge in [0.2, 0.25) is 5.91 Å².